The maximum atomic E-state index is 4.35. The lowest BCUT2D eigenvalue weighted by Crippen LogP contribution is -2.01. The van der Waals surface area contributed by atoms with E-state index in [4.69, 9.17) is 0 Å². The number of aromatic nitrogens is 5. The lowest BCUT2D eigenvalue weighted by molar-refractivity contribution is 0.608. The first kappa shape index (κ1) is 11.6. The summed E-state index contributed by atoms with van der Waals surface area (Å²) in [6, 6.07) is 10.2. The Hall–Kier alpha value is -2.43. The molecule has 0 fully saturated rings. The number of hydrogen-bond acceptors (Lipinski definition) is 3. The molecule has 0 spiro atoms. The summed E-state index contributed by atoms with van der Waals surface area (Å²) in [6.07, 6.45) is 4.39. The summed E-state index contributed by atoms with van der Waals surface area (Å²) in [7, 11) is 0. The van der Waals surface area contributed by atoms with Gasteiger partial charge in [0.15, 0.2) is 5.82 Å². The van der Waals surface area contributed by atoms with Gasteiger partial charge in [-0.25, -0.2) is 9.67 Å². The van der Waals surface area contributed by atoms with Crippen molar-refractivity contribution in [3.8, 4) is 22.6 Å². The highest BCUT2D eigenvalue weighted by atomic mass is 15.3. The summed E-state index contributed by atoms with van der Waals surface area (Å²) in [4.78, 5) is 4.35. The molecule has 0 aliphatic heterocycles. The predicted molar refractivity (Wildman–Crippen MR) is 73.3 cm³/mol. The summed E-state index contributed by atoms with van der Waals surface area (Å²) >= 11 is 0. The normalized spacial score (nSPS) is 10.8. The zero-order valence-corrected chi connectivity index (χ0v) is 10.7. The zero-order chi connectivity index (χ0) is 13.1. The van der Waals surface area contributed by atoms with Crippen LogP contribution in [-0.2, 0) is 6.54 Å². The topological polar surface area (TPSA) is 59.4 Å². The molecule has 96 valence electrons. The van der Waals surface area contributed by atoms with Crippen molar-refractivity contribution in [3.05, 3.63) is 42.9 Å². The van der Waals surface area contributed by atoms with E-state index in [0.717, 1.165) is 35.6 Å². The van der Waals surface area contributed by atoms with Crippen LogP contribution in [0.5, 0.6) is 0 Å². The van der Waals surface area contributed by atoms with E-state index in [2.05, 4.69) is 45.4 Å². The molecule has 0 saturated heterocycles. The molecule has 2 heterocycles. The van der Waals surface area contributed by atoms with Crippen LogP contribution in [0.3, 0.4) is 0 Å². The van der Waals surface area contributed by atoms with E-state index in [-0.39, 0.29) is 0 Å². The average Bonchev–Trinajstić information content (AvgIpc) is 3.10. The van der Waals surface area contributed by atoms with Crippen LogP contribution in [0.1, 0.15) is 13.3 Å². The first-order valence-corrected chi connectivity index (χ1v) is 6.36. The summed E-state index contributed by atoms with van der Waals surface area (Å²) in [6.45, 7) is 3.01. The maximum Gasteiger partial charge on any atom is 0.158 e. The quantitative estimate of drug-likeness (QED) is 0.777. The predicted octanol–water partition coefficient (Wildman–Crippen LogP) is 2.75. The lowest BCUT2D eigenvalue weighted by Gasteiger charge is -2.06. The van der Waals surface area contributed by atoms with Crippen LogP contribution in [0.4, 0.5) is 0 Å². The summed E-state index contributed by atoms with van der Waals surface area (Å²) in [5.74, 6) is 0.906. The Balaban J connectivity index is 2.01. The first-order valence-electron chi connectivity index (χ1n) is 6.36. The van der Waals surface area contributed by atoms with Crippen LogP contribution in [0.25, 0.3) is 22.6 Å². The molecule has 0 aliphatic carbocycles. The minimum atomic E-state index is 0.879. The van der Waals surface area contributed by atoms with Crippen molar-refractivity contribution in [1.82, 2.24) is 25.0 Å². The first-order chi connectivity index (χ1) is 9.38. The fourth-order valence-corrected chi connectivity index (χ4v) is 2.11. The van der Waals surface area contributed by atoms with Crippen LogP contribution in [0, 0.1) is 0 Å². The molecule has 0 bridgehead atoms. The molecule has 5 heteroatoms. The largest absolute Gasteiger partial charge is 0.278 e. The third-order valence-corrected chi connectivity index (χ3v) is 2.98. The second-order valence-corrected chi connectivity index (χ2v) is 4.36. The Morgan fingerprint density at radius 1 is 1.21 bits per heavy atom. The van der Waals surface area contributed by atoms with Gasteiger partial charge in [-0.2, -0.15) is 10.2 Å². The third kappa shape index (κ3) is 2.27. The molecule has 1 aromatic carbocycles. The number of aryl methyl sites for hydroxylation is 1. The molecule has 0 aliphatic rings. The SMILES string of the molecule is CCCn1ncnc1-c1cccc(-c2ccn[nH]2)c1. The minimum absolute atomic E-state index is 0.879. The van der Waals surface area contributed by atoms with E-state index in [9.17, 15) is 0 Å². The van der Waals surface area contributed by atoms with Crippen LogP contribution in [-0.4, -0.2) is 25.0 Å². The summed E-state index contributed by atoms with van der Waals surface area (Å²) in [5.41, 5.74) is 3.17. The Morgan fingerprint density at radius 2 is 2.11 bits per heavy atom. The smallest absolute Gasteiger partial charge is 0.158 e. The Kier molecular flexibility index (Phi) is 3.10. The van der Waals surface area contributed by atoms with Crippen molar-refractivity contribution < 1.29 is 0 Å². The van der Waals surface area contributed by atoms with Gasteiger partial charge in [-0.1, -0.05) is 25.1 Å². The van der Waals surface area contributed by atoms with Gasteiger partial charge in [0.1, 0.15) is 6.33 Å². The molecule has 3 rings (SSSR count). The van der Waals surface area contributed by atoms with E-state index in [1.54, 1.807) is 12.5 Å². The summed E-state index contributed by atoms with van der Waals surface area (Å²) in [5, 5.41) is 11.2. The van der Waals surface area contributed by atoms with Crippen molar-refractivity contribution in [2.24, 2.45) is 0 Å². The Morgan fingerprint density at radius 3 is 2.89 bits per heavy atom. The minimum Gasteiger partial charge on any atom is -0.278 e. The highest BCUT2D eigenvalue weighted by Gasteiger charge is 2.08. The van der Waals surface area contributed by atoms with Crippen LogP contribution in [0.2, 0.25) is 0 Å². The van der Waals surface area contributed by atoms with E-state index in [0.29, 0.717) is 0 Å². The van der Waals surface area contributed by atoms with E-state index >= 15 is 0 Å². The van der Waals surface area contributed by atoms with Crippen molar-refractivity contribution in [2.75, 3.05) is 0 Å². The Bertz CT molecular complexity index is 654. The molecule has 5 nitrogen and oxygen atoms in total. The van der Waals surface area contributed by atoms with Gasteiger partial charge in [0, 0.05) is 23.9 Å². The molecular formula is C14H15N5. The van der Waals surface area contributed by atoms with Gasteiger partial charge in [-0.3, -0.25) is 5.10 Å². The number of rotatable bonds is 4. The van der Waals surface area contributed by atoms with E-state index < -0.39 is 0 Å². The van der Waals surface area contributed by atoms with Gasteiger partial charge in [0.25, 0.3) is 0 Å². The number of nitrogens with zero attached hydrogens (tertiary/aromatic N) is 4. The molecule has 0 unspecified atom stereocenters. The number of benzene rings is 1. The monoisotopic (exact) mass is 253 g/mol. The Labute approximate surface area is 111 Å². The zero-order valence-electron chi connectivity index (χ0n) is 10.7. The van der Waals surface area contributed by atoms with E-state index in [1.165, 1.54) is 0 Å². The third-order valence-electron chi connectivity index (χ3n) is 2.98. The van der Waals surface area contributed by atoms with Crippen molar-refractivity contribution >= 4 is 0 Å². The highest BCUT2D eigenvalue weighted by Crippen LogP contribution is 2.23. The maximum absolute atomic E-state index is 4.35. The molecule has 0 saturated carbocycles. The molecule has 19 heavy (non-hydrogen) atoms. The number of H-pyrrole nitrogens is 1. The fraction of sp³-hybridized carbons (Fsp3) is 0.214. The van der Waals surface area contributed by atoms with Crippen molar-refractivity contribution in [3.63, 3.8) is 0 Å². The average molecular weight is 253 g/mol. The molecule has 1 N–H and O–H groups in total. The number of aromatic amines is 1. The van der Waals surface area contributed by atoms with Gasteiger partial charge in [-0.05, 0) is 18.6 Å². The molecule has 2 aromatic heterocycles. The van der Waals surface area contributed by atoms with Crippen molar-refractivity contribution in [1.29, 1.82) is 0 Å². The van der Waals surface area contributed by atoms with Crippen LogP contribution >= 0.6 is 0 Å². The summed E-state index contributed by atoms with van der Waals surface area (Å²) < 4.78 is 1.94. The number of nitrogens with one attached hydrogen (secondary N) is 1. The molecular weight excluding hydrogens is 238 g/mol. The molecule has 0 amide bonds. The molecule has 3 aromatic rings. The van der Waals surface area contributed by atoms with E-state index in [1.807, 2.05) is 16.8 Å². The number of hydrogen-bond donors (Lipinski definition) is 1. The lowest BCUT2D eigenvalue weighted by atomic mass is 10.1. The second-order valence-electron chi connectivity index (χ2n) is 4.36. The van der Waals surface area contributed by atoms with Crippen molar-refractivity contribution in [2.45, 2.75) is 19.9 Å². The second kappa shape index (κ2) is 5.06. The van der Waals surface area contributed by atoms with Gasteiger partial charge in [0.2, 0.25) is 0 Å². The van der Waals surface area contributed by atoms with Crippen LogP contribution in [0.15, 0.2) is 42.9 Å². The van der Waals surface area contributed by atoms with Gasteiger partial charge in [0.05, 0.1) is 5.69 Å². The van der Waals surface area contributed by atoms with Gasteiger partial charge < -0.3 is 0 Å². The highest BCUT2D eigenvalue weighted by molar-refractivity contribution is 5.67. The van der Waals surface area contributed by atoms with Gasteiger partial charge in [-0.15, -0.1) is 0 Å². The standard InChI is InChI=1S/C14H15N5/c1-2-8-19-14(15-10-17-19)12-5-3-4-11(9-12)13-6-7-16-18-13/h3-7,9-10H,2,8H2,1H3,(H,16,18). The van der Waals surface area contributed by atoms with Crippen LogP contribution < -0.4 is 0 Å². The molecule has 0 atom stereocenters. The fourth-order valence-electron chi connectivity index (χ4n) is 2.11. The molecule has 0 radical (unpaired) electrons. The van der Waals surface area contributed by atoms with Gasteiger partial charge >= 0.3 is 0 Å².